The average molecular weight is 346 g/mol. The first-order valence-electron chi connectivity index (χ1n) is 6.92. The zero-order chi connectivity index (χ0) is 16.4. The number of benzene rings is 2. The second-order valence-corrected chi connectivity index (χ2v) is 5.96. The maximum absolute atomic E-state index is 12.3. The minimum atomic E-state index is -0.267. The summed E-state index contributed by atoms with van der Waals surface area (Å²) in [6.45, 7) is 1.88. The van der Waals surface area contributed by atoms with Crippen LogP contribution in [0.25, 0.3) is 11.3 Å². The molecule has 3 aromatic rings. The molecule has 1 heterocycles. The highest BCUT2D eigenvalue weighted by atomic mass is 35.5. The number of hydrogen-bond acceptors (Lipinski definition) is 2. The number of aromatic amines is 1. The molecule has 0 unspecified atom stereocenters. The maximum Gasteiger partial charge on any atom is 0.273 e. The van der Waals surface area contributed by atoms with E-state index in [1.54, 1.807) is 36.4 Å². The van der Waals surface area contributed by atoms with Crippen LogP contribution in [0.3, 0.4) is 0 Å². The highest BCUT2D eigenvalue weighted by molar-refractivity contribution is 6.31. The minimum Gasteiger partial charge on any atom is -0.320 e. The van der Waals surface area contributed by atoms with E-state index < -0.39 is 0 Å². The normalized spacial score (nSPS) is 10.6. The van der Waals surface area contributed by atoms with Crippen molar-refractivity contribution < 1.29 is 4.79 Å². The molecule has 23 heavy (non-hydrogen) atoms. The lowest BCUT2D eigenvalue weighted by atomic mass is 10.1. The first kappa shape index (κ1) is 15.6. The Morgan fingerprint density at radius 2 is 1.87 bits per heavy atom. The number of carbonyl (C=O) groups is 1. The Labute approximate surface area is 143 Å². The third-order valence-electron chi connectivity index (χ3n) is 3.38. The third kappa shape index (κ3) is 3.55. The number of halogens is 2. The van der Waals surface area contributed by atoms with Gasteiger partial charge in [-0.25, -0.2) is 0 Å². The van der Waals surface area contributed by atoms with Crippen LogP contribution in [0.1, 0.15) is 16.1 Å². The molecule has 1 amide bonds. The molecule has 0 spiro atoms. The molecular formula is C17H13Cl2N3O. The lowest BCUT2D eigenvalue weighted by Crippen LogP contribution is -2.13. The predicted molar refractivity (Wildman–Crippen MR) is 93.2 cm³/mol. The summed E-state index contributed by atoms with van der Waals surface area (Å²) in [4.78, 5) is 12.3. The summed E-state index contributed by atoms with van der Waals surface area (Å²) in [7, 11) is 0. The van der Waals surface area contributed by atoms with Gasteiger partial charge in [-0.1, -0.05) is 35.3 Å². The van der Waals surface area contributed by atoms with E-state index in [9.17, 15) is 4.79 Å². The monoisotopic (exact) mass is 345 g/mol. The number of aryl methyl sites for hydroxylation is 1. The highest BCUT2D eigenvalue weighted by Gasteiger charge is 2.12. The number of nitrogens with one attached hydrogen (secondary N) is 2. The Morgan fingerprint density at radius 3 is 2.61 bits per heavy atom. The Balaban J connectivity index is 1.81. The molecule has 0 saturated carbocycles. The smallest absolute Gasteiger partial charge is 0.273 e. The molecule has 0 atom stereocenters. The highest BCUT2D eigenvalue weighted by Crippen LogP contribution is 2.23. The fourth-order valence-corrected chi connectivity index (χ4v) is 2.61. The van der Waals surface area contributed by atoms with Crippen LogP contribution in [0.5, 0.6) is 0 Å². The van der Waals surface area contributed by atoms with E-state index in [2.05, 4.69) is 15.5 Å². The molecule has 6 heteroatoms. The number of amides is 1. The Morgan fingerprint density at radius 1 is 1.09 bits per heavy atom. The van der Waals surface area contributed by atoms with Crippen molar-refractivity contribution in [2.45, 2.75) is 6.92 Å². The van der Waals surface area contributed by atoms with E-state index in [0.717, 1.165) is 11.1 Å². The van der Waals surface area contributed by atoms with Gasteiger partial charge >= 0.3 is 0 Å². The number of H-pyrrole nitrogens is 1. The van der Waals surface area contributed by atoms with E-state index in [4.69, 9.17) is 23.2 Å². The number of anilines is 1. The molecule has 0 aliphatic rings. The Hall–Kier alpha value is -2.30. The molecule has 0 bridgehead atoms. The van der Waals surface area contributed by atoms with Crippen LogP contribution in [0, 0.1) is 6.92 Å². The standard InChI is InChI=1S/C17H13Cl2N3O/c1-10-7-13(19)5-6-14(10)20-17(23)16-9-15(21-22-16)11-3-2-4-12(18)8-11/h2-9H,1H3,(H,20,23)(H,21,22). The van der Waals surface area contributed by atoms with Crippen LogP contribution in [0.4, 0.5) is 5.69 Å². The number of carbonyl (C=O) groups excluding carboxylic acids is 1. The van der Waals surface area contributed by atoms with Gasteiger partial charge in [-0.3, -0.25) is 9.89 Å². The minimum absolute atomic E-state index is 0.267. The Bertz CT molecular complexity index is 874. The van der Waals surface area contributed by atoms with E-state index in [0.29, 0.717) is 27.1 Å². The van der Waals surface area contributed by atoms with E-state index in [1.807, 2.05) is 19.1 Å². The maximum atomic E-state index is 12.3. The van der Waals surface area contributed by atoms with E-state index in [-0.39, 0.29) is 5.91 Å². The first-order valence-corrected chi connectivity index (χ1v) is 7.67. The number of rotatable bonds is 3. The van der Waals surface area contributed by atoms with Gasteiger partial charge in [0.1, 0.15) is 5.69 Å². The quantitative estimate of drug-likeness (QED) is 0.705. The van der Waals surface area contributed by atoms with Gasteiger partial charge in [0.2, 0.25) is 0 Å². The van der Waals surface area contributed by atoms with Gasteiger partial charge in [0.15, 0.2) is 0 Å². The van der Waals surface area contributed by atoms with Crippen LogP contribution in [-0.2, 0) is 0 Å². The molecule has 2 N–H and O–H groups in total. The van der Waals surface area contributed by atoms with Crippen molar-refractivity contribution in [2.24, 2.45) is 0 Å². The van der Waals surface area contributed by atoms with Gasteiger partial charge < -0.3 is 5.32 Å². The molecule has 0 radical (unpaired) electrons. The van der Waals surface area contributed by atoms with Crippen LogP contribution >= 0.6 is 23.2 Å². The van der Waals surface area contributed by atoms with Crippen molar-refractivity contribution in [3.63, 3.8) is 0 Å². The van der Waals surface area contributed by atoms with Gasteiger partial charge in [-0.15, -0.1) is 0 Å². The van der Waals surface area contributed by atoms with Crippen LogP contribution in [-0.4, -0.2) is 16.1 Å². The van der Waals surface area contributed by atoms with E-state index in [1.165, 1.54) is 0 Å². The molecule has 4 nitrogen and oxygen atoms in total. The fraction of sp³-hybridized carbons (Fsp3) is 0.0588. The largest absolute Gasteiger partial charge is 0.320 e. The summed E-state index contributed by atoms with van der Waals surface area (Å²) in [6.07, 6.45) is 0. The zero-order valence-electron chi connectivity index (χ0n) is 12.2. The summed E-state index contributed by atoms with van der Waals surface area (Å²) < 4.78 is 0. The predicted octanol–water partition coefficient (Wildman–Crippen LogP) is 4.94. The van der Waals surface area contributed by atoms with E-state index >= 15 is 0 Å². The third-order valence-corrected chi connectivity index (χ3v) is 3.85. The number of nitrogens with zero attached hydrogens (tertiary/aromatic N) is 1. The first-order chi connectivity index (χ1) is 11.0. The van der Waals surface area contributed by atoms with Crippen molar-refractivity contribution >= 4 is 34.8 Å². The van der Waals surface area contributed by atoms with Gasteiger partial charge in [-0.05, 0) is 48.9 Å². The molecule has 1 aromatic heterocycles. The average Bonchev–Trinajstić information content (AvgIpc) is 3.00. The van der Waals surface area contributed by atoms with Crippen LogP contribution in [0.2, 0.25) is 10.0 Å². The summed E-state index contributed by atoms with van der Waals surface area (Å²) in [5.41, 5.74) is 3.47. The molecule has 0 aliphatic heterocycles. The summed E-state index contributed by atoms with van der Waals surface area (Å²) in [5, 5.41) is 11.0. The van der Waals surface area contributed by atoms with Crippen molar-refractivity contribution in [1.82, 2.24) is 10.2 Å². The molecule has 0 saturated heterocycles. The molecule has 0 fully saturated rings. The van der Waals surface area contributed by atoms with Crippen molar-refractivity contribution in [3.05, 3.63) is 69.8 Å². The molecule has 0 aliphatic carbocycles. The molecule has 2 aromatic carbocycles. The van der Waals surface area contributed by atoms with Crippen LogP contribution in [0.15, 0.2) is 48.5 Å². The lowest BCUT2D eigenvalue weighted by molar-refractivity contribution is 0.102. The zero-order valence-corrected chi connectivity index (χ0v) is 13.7. The molecular weight excluding hydrogens is 333 g/mol. The summed E-state index contributed by atoms with van der Waals surface area (Å²) in [5.74, 6) is -0.267. The van der Waals surface area contributed by atoms with Crippen molar-refractivity contribution in [3.8, 4) is 11.3 Å². The number of hydrogen-bond donors (Lipinski definition) is 2. The molecule has 116 valence electrons. The van der Waals surface area contributed by atoms with Crippen molar-refractivity contribution in [1.29, 1.82) is 0 Å². The van der Waals surface area contributed by atoms with Crippen LogP contribution < -0.4 is 5.32 Å². The van der Waals surface area contributed by atoms with Gasteiger partial charge in [0, 0.05) is 21.3 Å². The van der Waals surface area contributed by atoms with Gasteiger partial charge in [0.25, 0.3) is 5.91 Å². The van der Waals surface area contributed by atoms with Gasteiger partial charge in [0.05, 0.1) is 5.69 Å². The fourth-order valence-electron chi connectivity index (χ4n) is 2.19. The summed E-state index contributed by atoms with van der Waals surface area (Å²) in [6, 6.07) is 14.3. The SMILES string of the molecule is Cc1cc(Cl)ccc1NC(=O)c1cc(-c2cccc(Cl)c2)n[nH]1. The van der Waals surface area contributed by atoms with Gasteiger partial charge in [-0.2, -0.15) is 5.10 Å². The second-order valence-electron chi connectivity index (χ2n) is 5.09. The van der Waals surface area contributed by atoms with Crippen molar-refractivity contribution in [2.75, 3.05) is 5.32 Å². The molecule has 3 rings (SSSR count). The second kappa shape index (κ2) is 6.44. The lowest BCUT2D eigenvalue weighted by Gasteiger charge is -2.07. The Kier molecular flexibility index (Phi) is 4.37. The number of aromatic nitrogens is 2. The summed E-state index contributed by atoms with van der Waals surface area (Å²) >= 11 is 11.9. The topological polar surface area (TPSA) is 57.8 Å².